The first-order chi connectivity index (χ1) is 8.00. The number of aromatic nitrogens is 2. The summed E-state index contributed by atoms with van der Waals surface area (Å²) in [6, 6.07) is 1.42. The second-order valence-electron chi connectivity index (χ2n) is 4.25. The maximum absolute atomic E-state index is 11.4. The second kappa shape index (κ2) is 4.58. The molecular formula is C10H15N3O3S. The lowest BCUT2D eigenvalue weighted by Crippen LogP contribution is -2.19. The summed E-state index contributed by atoms with van der Waals surface area (Å²) in [5.74, 6) is 0.574. The average molecular weight is 257 g/mol. The van der Waals surface area contributed by atoms with Gasteiger partial charge in [-0.15, -0.1) is 0 Å². The molecule has 6 nitrogen and oxygen atoms in total. The minimum Gasteiger partial charge on any atom is -0.314 e. The van der Waals surface area contributed by atoms with Crippen molar-refractivity contribution in [1.82, 2.24) is 15.3 Å². The second-order valence-corrected chi connectivity index (χ2v) is 6.48. The average Bonchev–Trinajstić information content (AvgIpc) is 2.58. The van der Waals surface area contributed by atoms with Gasteiger partial charge >= 0.3 is 0 Å². The highest BCUT2D eigenvalue weighted by Gasteiger charge is 2.30. The lowest BCUT2D eigenvalue weighted by molar-refractivity contribution is 0.600. The van der Waals surface area contributed by atoms with Crippen LogP contribution < -0.4 is 10.9 Å². The van der Waals surface area contributed by atoms with E-state index in [1.807, 2.05) is 0 Å². The zero-order chi connectivity index (χ0) is 12.5. The van der Waals surface area contributed by atoms with Crippen LogP contribution >= 0.6 is 0 Å². The van der Waals surface area contributed by atoms with Crippen molar-refractivity contribution in [3.05, 3.63) is 27.9 Å². The maximum Gasteiger partial charge on any atom is 0.251 e. The Morgan fingerprint density at radius 3 is 2.94 bits per heavy atom. The van der Waals surface area contributed by atoms with Gasteiger partial charge in [0.2, 0.25) is 0 Å². The Morgan fingerprint density at radius 1 is 1.59 bits per heavy atom. The van der Waals surface area contributed by atoms with Crippen molar-refractivity contribution in [2.24, 2.45) is 0 Å². The first-order valence-corrected chi connectivity index (χ1v) is 7.27. The molecule has 0 radical (unpaired) electrons. The summed E-state index contributed by atoms with van der Waals surface area (Å²) in [6.45, 7) is 0.496. The van der Waals surface area contributed by atoms with E-state index in [0.29, 0.717) is 24.5 Å². The molecule has 2 rings (SSSR count). The van der Waals surface area contributed by atoms with Gasteiger partial charge in [0.05, 0.1) is 17.2 Å². The Balaban J connectivity index is 2.30. The summed E-state index contributed by atoms with van der Waals surface area (Å²) >= 11 is 0. The number of aromatic amines is 1. The van der Waals surface area contributed by atoms with Crippen molar-refractivity contribution >= 4 is 9.84 Å². The van der Waals surface area contributed by atoms with Crippen LogP contribution in [-0.4, -0.2) is 36.9 Å². The third-order valence-corrected chi connectivity index (χ3v) is 4.56. The van der Waals surface area contributed by atoms with E-state index in [1.165, 1.54) is 6.07 Å². The quantitative estimate of drug-likeness (QED) is 0.754. The Kier molecular flexibility index (Phi) is 3.30. The van der Waals surface area contributed by atoms with Gasteiger partial charge in [0, 0.05) is 18.5 Å². The third-order valence-electron chi connectivity index (χ3n) is 2.79. The van der Waals surface area contributed by atoms with Crippen molar-refractivity contribution in [2.45, 2.75) is 18.9 Å². The van der Waals surface area contributed by atoms with E-state index in [9.17, 15) is 13.2 Å². The standard InChI is InChI=1S/C10H15N3O3S/c1-11-5-8-4-9(14)13-10(12-8)7-2-3-17(15,16)6-7/h4,7,11H,2-3,5-6H2,1H3,(H,12,13,14). The van der Waals surface area contributed by atoms with E-state index in [-0.39, 0.29) is 23.0 Å². The Bertz CT molecular complexity index is 564. The van der Waals surface area contributed by atoms with Gasteiger partial charge in [0.1, 0.15) is 5.82 Å². The molecule has 17 heavy (non-hydrogen) atoms. The van der Waals surface area contributed by atoms with E-state index in [0.717, 1.165) is 0 Å². The number of H-pyrrole nitrogens is 1. The highest BCUT2D eigenvalue weighted by molar-refractivity contribution is 7.91. The van der Waals surface area contributed by atoms with Crippen LogP contribution in [0.5, 0.6) is 0 Å². The van der Waals surface area contributed by atoms with Crippen molar-refractivity contribution in [3.8, 4) is 0 Å². The molecule has 1 fully saturated rings. The Hall–Kier alpha value is -1.21. The van der Waals surface area contributed by atoms with Gasteiger partial charge in [-0.25, -0.2) is 13.4 Å². The van der Waals surface area contributed by atoms with Crippen LogP contribution in [0.3, 0.4) is 0 Å². The van der Waals surface area contributed by atoms with Crippen LogP contribution in [-0.2, 0) is 16.4 Å². The highest BCUT2D eigenvalue weighted by atomic mass is 32.2. The molecule has 0 aromatic carbocycles. The van der Waals surface area contributed by atoms with E-state index in [4.69, 9.17) is 0 Å². The normalized spacial score (nSPS) is 22.8. The summed E-state index contributed by atoms with van der Waals surface area (Å²) in [6.07, 6.45) is 0.536. The fourth-order valence-electron chi connectivity index (χ4n) is 2.00. The minimum absolute atomic E-state index is 0.0823. The molecule has 1 saturated heterocycles. The zero-order valence-corrected chi connectivity index (χ0v) is 10.4. The first kappa shape index (κ1) is 12.3. The zero-order valence-electron chi connectivity index (χ0n) is 9.56. The minimum atomic E-state index is -2.96. The number of hydrogen-bond donors (Lipinski definition) is 2. The molecule has 2 N–H and O–H groups in total. The van der Waals surface area contributed by atoms with Gasteiger partial charge < -0.3 is 10.3 Å². The number of nitrogens with zero attached hydrogens (tertiary/aromatic N) is 1. The van der Waals surface area contributed by atoms with Crippen molar-refractivity contribution in [2.75, 3.05) is 18.6 Å². The molecule has 7 heteroatoms. The fraction of sp³-hybridized carbons (Fsp3) is 0.600. The Morgan fingerprint density at radius 2 is 2.35 bits per heavy atom. The number of sulfone groups is 1. The highest BCUT2D eigenvalue weighted by Crippen LogP contribution is 2.25. The smallest absolute Gasteiger partial charge is 0.251 e. The molecule has 0 saturated carbocycles. The molecule has 94 valence electrons. The summed E-state index contributed by atoms with van der Waals surface area (Å²) in [4.78, 5) is 18.3. The number of rotatable bonds is 3. The summed E-state index contributed by atoms with van der Waals surface area (Å²) in [7, 11) is -1.19. The lowest BCUT2D eigenvalue weighted by atomic mass is 10.1. The van der Waals surface area contributed by atoms with Crippen LogP contribution in [0.15, 0.2) is 10.9 Å². The monoisotopic (exact) mass is 257 g/mol. The lowest BCUT2D eigenvalue weighted by Gasteiger charge is -2.08. The van der Waals surface area contributed by atoms with Crippen LogP contribution in [0.4, 0.5) is 0 Å². The predicted molar refractivity (Wildman–Crippen MR) is 63.6 cm³/mol. The summed E-state index contributed by atoms with van der Waals surface area (Å²) < 4.78 is 22.8. The molecule has 1 unspecified atom stereocenters. The van der Waals surface area contributed by atoms with Crippen molar-refractivity contribution in [1.29, 1.82) is 0 Å². The molecule has 0 amide bonds. The predicted octanol–water partition coefficient (Wildman–Crippen LogP) is -0.609. The fourth-order valence-corrected chi connectivity index (χ4v) is 3.75. The van der Waals surface area contributed by atoms with Gasteiger partial charge in [-0.05, 0) is 13.5 Å². The molecule has 0 aliphatic carbocycles. The first-order valence-electron chi connectivity index (χ1n) is 5.45. The molecule has 0 spiro atoms. The molecule has 0 bridgehead atoms. The topological polar surface area (TPSA) is 91.9 Å². The van der Waals surface area contributed by atoms with Gasteiger partial charge in [0.15, 0.2) is 9.84 Å². The van der Waals surface area contributed by atoms with Gasteiger partial charge in [-0.3, -0.25) is 4.79 Å². The molecule has 1 aromatic rings. The van der Waals surface area contributed by atoms with E-state index < -0.39 is 9.84 Å². The van der Waals surface area contributed by atoms with Crippen LogP contribution in [0.2, 0.25) is 0 Å². The third kappa shape index (κ3) is 2.92. The SMILES string of the molecule is CNCc1cc(=O)[nH]c(C2CCS(=O)(=O)C2)n1. The molecular weight excluding hydrogens is 242 g/mol. The molecule has 1 aliphatic rings. The number of hydrogen-bond acceptors (Lipinski definition) is 5. The van der Waals surface area contributed by atoms with Crippen molar-refractivity contribution < 1.29 is 8.42 Å². The maximum atomic E-state index is 11.4. The molecule has 1 atom stereocenters. The van der Waals surface area contributed by atoms with Gasteiger partial charge in [-0.2, -0.15) is 0 Å². The van der Waals surface area contributed by atoms with Gasteiger partial charge in [-0.1, -0.05) is 0 Å². The van der Waals surface area contributed by atoms with E-state index in [1.54, 1.807) is 7.05 Å². The number of nitrogens with one attached hydrogen (secondary N) is 2. The molecule has 1 aliphatic heterocycles. The summed E-state index contributed by atoms with van der Waals surface area (Å²) in [5.41, 5.74) is 0.403. The van der Waals surface area contributed by atoms with Crippen molar-refractivity contribution in [3.63, 3.8) is 0 Å². The molecule has 1 aromatic heterocycles. The van der Waals surface area contributed by atoms with Crippen LogP contribution in [0.25, 0.3) is 0 Å². The van der Waals surface area contributed by atoms with E-state index >= 15 is 0 Å². The Labute approximate surface area is 99.4 Å². The summed E-state index contributed by atoms with van der Waals surface area (Å²) in [5, 5.41) is 2.91. The van der Waals surface area contributed by atoms with Crippen LogP contribution in [0.1, 0.15) is 23.9 Å². The molecule has 2 heterocycles. The largest absolute Gasteiger partial charge is 0.314 e. The van der Waals surface area contributed by atoms with Crippen LogP contribution in [0, 0.1) is 0 Å². The van der Waals surface area contributed by atoms with Gasteiger partial charge in [0.25, 0.3) is 5.56 Å². The van der Waals surface area contributed by atoms with E-state index in [2.05, 4.69) is 15.3 Å².